The molecule has 0 radical (unpaired) electrons. The molecule has 0 aliphatic heterocycles. The van der Waals surface area contributed by atoms with Crippen molar-refractivity contribution >= 4 is 5.97 Å². The molecule has 4 heteroatoms. The van der Waals surface area contributed by atoms with E-state index in [1.807, 2.05) is 0 Å². The van der Waals surface area contributed by atoms with E-state index >= 15 is 0 Å². The maximum atomic E-state index is 9.26. The van der Waals surface area contributed by atoms with E-state index < -0.39 is 5.97 Å². The van der Waals surface area contributed by atoms with Crippen LogP contribution in [0.1, 0.15) is 137 Å². The normalized spacial score (nSPS) is 11.2. The molecule has 0 heterocycles. The fraction of sp³-hybridized carbons (Fsp3) is 0.962. The van der Waals surface area contributed by atoms with E-state index in [9.17, 15) is 9.90 Å². The maximum Gasteiger partial charge on any atom is 0.109 e. The van der Waals surface area contributed by atoms with Gasteiger partial charge < -0.3 is 9.90 Å². The van der Waals surface area contributed by atoms with Gasteiger partial charge in [0.25, 0.3) is 0 Å². The molecule has 182 valence electrons. The van der Waals surface area contributed by atoms with Crippen LogP contribution in [0.5, 0.6) is 0 Å². The minimum atomic E-state index is -0.995. The minimum absolute atomic E-state index is 0.111. The Hall–Kier alpha value is -0.610. The Morgan fingerprint density at radius 2 is 0.933 bits per heavy atom. The summed E-state index contributed by atoms with van der Waals surface area (Å²) in [7, 11) is 2.30. The van der Waals surface area contributed by atoms with Crippen LogP contribution in [0.2, 0.25) is 0 Å². The summed E-state index contributed by atoms with van der Waals surface area (Å²) in [5.41, 5.74) is 0. The van der Waals surface area contributed by atoms with Crippen molar-refractivity contribution in [3.05, 3.63) is 0 Å². The summed E-state index contributed by atoms with van der Waals surface area (Å²) in [4.78, 5) is 15.3. The molecule has 0 aliphatic carbocycles. The molecule has 0 spiro atoms. The number of nitrogens with zero attached hydrogens (tertiary/aromatic N) is 1. The topological polar surface area (TPSA) is 49.4 Å². The van der Waals surface area contributed by atoms with Crippen molar-refractivity contribution in [2.45, 2.75) is 137 Å². The SMILES string of the molecule is CCC(=O)[O-].CCCCCCCCCC[N+](C)(CCCCCCCCCC)OCC. The first-order chi connectivity index (χ1) is 14.5. The number of hydrogen-bond donors (Lipinski definition) is 0. The van der Waals surface area contributed by atoms with E-state index in [0.717, 1.165) is 11.3 Å². The molecular formula is C26H55NO3. The fourth-order valence-corrected chi connectivity index (χ4v) is 3.71. The van der Waals surface area contributed by atoms with Gasteiger partial charge in [0.15, 0.2) is 0 Å². The Morgan fingerprint density at radius 1 is 0.633 bits per heavy atom. The number of rotatable bonds is 21. The molecular weight excluding hydrogens is 374 g/mol. The van der Waals surface area contributed by atoms with Crippen molar-refractivity contribution in [3.8, 4) is 0 Å². The monoisotopic (exact) mass is 429 g/mol. The number of carbonyl (C=O) groups is 1. The molecule has 0 aromatic rings. The van der Waals surface area contributed by atoms with Gasteiger partial charge in [-0.3, -0.25) is 0 Å². The average molecular weight is 430 g/mol. The smallest absolute Gasteiger partial charge is 0.109 e. The zero-order chi connectivity index (χ0) is 22.9. The molecule has 0 amide bonds. The number of quaternary nitrogens is 1. The first-order valence-electron chi connectivity index (χ1n) is 13.1. The third-order valence-corrected chi connectivity index (χ3v) is 5.70. The highest BCUT2D eigenvalue weighted by Gasteiger charge is 2.21. The average Bonchev–Trinajstić information content (AvgIpc) is 2.72. The summed E-state index contributed by atoms with van der Waals surface area (Å²) in [6.45, 7) is 11.5. The Labute approximate surface area is 189 Å². The number of hydrogen-bond acceptors (Lipinski definition) is 3. The van der Waals surface area contributed by atoms with Gasteiger partial charge in [0.2, 0.25) is 0 Å². The van der Waals surface area contributed by atoms with Crippen LogP contribution in [0.3, 0.4) is 0 Å². The summed E-state index contributed by atoms with van der Waals surface area (Å²) in [5, 5.41) is 9.26. The molecule has 0 saturated carbocycles. The number of carboxylic acids is 1. The van der Waals surface area contributed by atoms with Gasteiger partial charge in [-0.25, -0.2) is 4.84 Å². The van der Waals surface area contributed by atoms with Crippen LogP contribution in [0.4, 0.5) is 0 Å². The second-order valence-corrected chi connectivity index (χ2v) is 8.84. The third-order valence-electron chi connectivity index (χ3n) is 5.70. The summed E-state index contributed by atoms with van der Waals surface area (Å²) in [5.74, 6) is -0.995. The molecule has 0 saturated heterocycles. The predicted octanol–water partition coefficient (Wildman–Crippen LogP) is 6.81. The van der Waals surface area contributed by atoms with Crippen molar-refractivity contribution in [2.24, 2.45) is 0 Å². The lowest BCUT2D eigenvalue weighted by Crippen LogP contribution is -2.45. The van der Waals surface area contributed by atoms with E-state index in [0.29, 0.717) is 0 Å². The van der Waals surface area contributed by atoms with E-state index in [1.165, 1.54) is 123 Å². The van der Waals surface area contributed by atoms with Gasteiger partial charge in [0, 0.05) is 5.97 Å². The maximum absolute atomic E-state index is 9.26. The lowest BCUT2D eigenvalue weighted by Gasteiger charge is -2.31. The molecule has 0 aromatic carbocycles. The zero-order valence-electron chi connectivity index (χ0n) is 21.3. The second-order valence-electron chi connectivity index (χ2n) is 8.84. The van der Waals surface area contributed by atoms with E-state index in [2.05, 4.69) is 27.8 Å². The van der Waals surface area contributed by atoms with E-state index in [1.54, 1.807) is 0 Å². The molecule has 4 nitrogen and oxygen atoms in total. The highest BCUT2D eigenvalue weighted by atomic mass is 16.7. The lowest BCUT2D eigenvalue weighted by atomic mass is 10.1. The quantitative estimate of drug-likeness (QED) is 0.114. The Kier molecular flexibility index (Phi) is 26.0. The van der Waals surface area contributed by atoms with Crippen LogP contribution >= 0.6 is 0 Å². The highest BCUT2D eigenvalue weighted by molar-refractivity contribution is 5.63. The fourth-order valence-electron chi connectivity index (χ4n) is 3.71. The Bertz CT molecular complexity index is 327. The van der Waals surface area contributed by atoms with Crippen molar-refractivity contribution in [1.82, 2.24) is 0 Å². The first-order valence-corrected chi connectivity index (χ1v) is 13.1. The van der Waals surface area contributed by atoms with Crippen LogP contribution in [0.25, 0.3) is 0 Å². The second kappa shape index (κ2) is 24.7. The number of unbranched alkanes of at least 4 members (excludes halogenated alkanes) is 14. The summed E-state index contributed by atoms with van der Waals surface area (Å²) in [6.07, 6.45) is 22.4. The molecule has 0 aromatic heterocycles. The molecule has 0 atom stereocenters. The predicted molar refractivity (Wildman–Crippen MR) is 128 cm³/mol. The number of carboxylic acid groups (broad SMARTS) is 1. The van der Waals surface area contributed by atoms with Crippen molar-refractivity contribution in [2.75, 3.05) is 26.7 Å². The highest BCUT2D eigenvalue weighted by Crippen LogP contribution is 2.15. The van der Waals surface area contributed by atoms with Gasteiger partial charge in [-0.1, -0.05) is 97.8 Å². The Balaban J connectivity index is 0. The molecule has 0 unspecified atom stereocenters. The van der Waals surface area contributed by atoms with Gasteiger partial charge in [-0.15, -0.1) is 0 Å². The standard InChI is InChI=1S/C23H50NO.C3H6O2/c1-5-8-10-12-14-16-18-20-22-24(4,25-7-3)23-21-19-17-15-13-11-9-6-2;1-2-3(4)5/h5-23H2,1-4H3;2H2,1H3,(H,4,5)/q+1;/p-1. The van der Waals surface area contributed by atoms with E-state index in [4.69, 9.17) is 4.84 Å². The molecule has 0 N–H and O–H groups in total. The van der Waals surface area contributed by atoms with Crippen molar-refractivity contribution in [3.63, 3.8) is 0 Å². The van der Waals surface area contributed by atoms with E-state index in [-0.39, 0.29) is 6.42 Å². The largest absolute Gasteiger partial charge is 0.550 e. The number of carbonyl (C=O) groups excluding carboxylic acids is 1. The first kappa shape index (κ1) is 31.6. The van der Waals surface area contributed by atoms with Crippen LogP contribution in [-0.4, -0.2) is 37.4 Å². The number of aliphatic carboxylic acids is 1. The summed E-state index contributed by atoms with van der Waals surface area (Å²) >= 11 is 0. The van der Waals surface area contributed by atoms with Gasteiger partial charge in [0.05, 0.1) is 7.05 Å². The molecule has 0 rings (SSSR count). The zero-order valence-corrected chi connectivity index (χ0v) is 21.3. The minimum Gasteiger partial charge on any atom is -0.550 e. The molecule has 30 heavy (non-hydrogen) atoms. The summed E-state index contributed by atoms with van der Waals surface area (Å²) < 4.78 is 0.835. The van der Waals surface area contributed by atoms with Gasteiger partial charge in [-0.2, -0.15) is 4.65 Å². The van der Waals surface area contributed by atoms with Crippen molar-refractivity contribution in [1.29, 1.82) is 0 Å². The van der Waals surface area contributed by atoms with Gasteiger partial charge >= 0.3 is 0 Å². The number of hydroxylamine groups is 3. The lowest BCUT2D eigenvalue weighted by molar-refractivity contribution is -1.09. The molecule has 0 fully saturated rings. The van der Waals surface area contributed by atoms with Crippen LogP contribution in [-0.2, 0) is 9.63 Å². The molecule has 0 aliphatic rings. The molecule has 0 bridgehead atoms. The van der Waals surface area contributed by atoms with Crippen LogP contribution < -0.4 is 5.11 Å². The van der Waals surface area contributed by atoms with Crippen molar-refractivity contribution < 1.29 is 19.4 Å². The van der Waals surface area contributed by atoms with Gasteiger partial charge in [0.1, 0.15) is 19.7 Å². The van der Waals surface area contributed by atoms with Crippen LogP contribution in [0, 0.1) is 0 Å². The van der Waals surface area contributed by atoms with Crippen LogP contribution in [0.15, 0.2) is 0 Å². The summed E-state index contributed by atoms with van der Waals surface area (Å²) in [6, 6.07) is 0. The third kappa shape index (κ3) is 25.4. The Morgan fingerprint density at radius 3 is 1.20 bits per heavy atom. The van der Waals surface area contributed by atoms with Gasteiger partial charge in [-0.05, 0) is 39.0 Å².